The highest BCUT2D eigenvalue weighted by molar-refractivity contribution is 7.98. The van der Waals surface area contributed by atoms with Gasteiger partial charge in [-0.3, -0.25) is 4.79 Å². The van der Waals surface area contributed by atoms with Crippen LogP contribution in [0.15, 0.2) is 29.4 Å². The molecule has 0 aliphatic rings. The van der Waals surface area contributed by atoms with Gasteiger partial charge >= 0.3 is 6.18 Å². The largest absolute Gasteiger partial charge is 0.416 e. The Kier molecular flexibility index (Phi) is 6.18. The number of alkyl halides is 3. The van der Waals surface area contributed by atoms with E-state index in [-0.39, 0.29) is 24.7 Å². The van der Waals surface area contributed by atoms with E-state index in [1.54, 1.807) is 13.3 Å². The van der Waals surface area contributed by atoms with Crippen molar-refractivity contribution in [1.82, 2.24) is 15.0 Å². The normalized spacial score (nSPS) is 11.2. The van der Waals surface area contributed by atoms with Gasteiger partial charge in [0.2, 0.25) is 11.9 Å². The van der Waals surface area contributed by atoms with Crippen molar-refractivity contribution in [1.29, 1.82) is 0 Å². The first kappa shape index (κ1) is 19.0. The zero-order valence-electron chi connectivity index (χ0n) is 13.5. The number of hydrogen-bond donors (Lipinski definition) is 2. The van der Waals surface area contributed by atoms with Crippen LogP contribution in [0, 0.1) is 0 Å². The summed E-state index contributed by atoms with van der Waals surface area (Å²) in [6.07, 6.45) is -2.74. The molecule has 1 heterocycles. The number of thioether (sulfide) groups is 1. The summed E-state index contributed by atoms with van der Waals surface area (Å²) in [6.45, 7) is -0.1000. The van der Waals surface area contributed by atoms with Gasteiger partial charge < -0.3 is 10.6 Å². The predicted molar refractivity (Wildman–Crippen MR) is 89.8 cm³/mol. The molecule has 2 N–H and O–H groups in total. The lowest BCUT2D eigenvalue weighted by molar-refractivity contribution is -0.137. The molecule has 0 aliphatic heterocycles. The second-order valence-corrected chi connectivity index (χ2v) is 5.76. The number of carbonyl (C=O) groups is 1. The lowest BCUT2D eigenvalue weighted by atomic mass is 10.1. The number of anilines is 2. The quantitative estimate of drug-likeness (QED) is 0.725. The molecule has 0 saturated carbocycles. The summed E-state index contributed by atoms with van der Waals surface area (Å²) in [6, 6.07) is 4.72. The van der Waals surface area contributed by atoms with Gasteiger partial charge in [-0.1, -0.05) is 30.0 Å². The van der Waals surface area contributed by atoms with E-state index in [2.05, 4.69) is 25.6 Å². The molecular weight excluding hydrogens is 355 g/mol. The van der Waals surface area contributed by atoms with E-state index < -0.39 is 11.7 Å². The zero-order chi connectivity index (χ0) is 18.4. The lowest BCUT2D eigenvalue weighted by Crippen LogP contribution is -2.18. The van der Waals surface area contributed by atoms with Crippen molar-refractivity contribution in [3.8, 4) is 0 Å². The highest BCUT2D eigenvalue weighted by Gasteiger charge is 2.30. The summed E-state index contributed by atoms with van der Waals surface area (Å²) >= 11 is 1.32. The smallest absolute Gasteiger partial charge is 0.357 e. The molecule has 2 aromatic rings. The molecule has 0 radical (unpaired) electrons. The molecule has 0 atom stereocenters. The van der Waals surface area contributed by atoms with Crippen LogP contribution in [-0.2, 0) is 17.4 Å². The van der Waals surface area contributed by atoms with Gasteiger partial charge in [-0.15, -0.1) is 0 Å². The van der Waals surface area contributed by atoms with Crippen LogP contribution in [-0.4, -0.2) is 40.6 Å². The maximum Gasteiger partial charge on any atom is 0.416 e. The van der Waals surface area contributed by atoms with Gasteiger partial charge in [0.25, 0.3) is 0 Å². The Morgan fingerprint density at radius 1 is 1.20 bits per heavy atom. The molecule has 2 rings (SSSR count). The molecule has 0 saturated heterocycles. The molecular formula is C15H16F3N5OS. The van der Waals surface area contributed by atoms with Crippen LogP contribution in [0.5, 0.6) is 0 Å². The molecule has 0 bridgehead atoms. The molecule has 1 aromatic heterocycles. The molecule has 134 valence electrons. The third kappa shape index (κ3) is 5.59. The Morgan fingerprint density at radius 2 is 1.92 bits per heavy atom. The highest BCUT2D eigenvalue weighted by atomic mass is 32.2. The fourth-order valence-electron chi connectivity index (χ4n) is 1.96. The third-order valence-electron chi connectivity index (χ3n) is 3.12. The Labute approximate surface area is 146 Å². The van der Waals surface area contributed by atoms with E-state index >= 15 is 0 Å². The van der Waals surface area contributed by atoms with Crippen LogP contribution in [0.2, 0.25) is 0 Å². The first-order valence-electron chi connectivity index (χ1n) is 7.21. The van der Waals surface area contributed by atoms with Crippen molar-refractivity contribution >= 4 is 29.4 Å². The van der Waals surface area contributed by atoms with Crippen LogP contribution >= 0.6 is 11.8 Å². The van der Waals surface area contributed by atoms with Crippen LogP contribution < -0.4 is 10.6 Å². The number of nitrogens with zero attached hydrogens (tertiary/aromatic N) is 3. The minimum absolute atomic E-state index is 0.1000. The van der Waals surface area contributed by atoms with Crippen molar-refractivity contribution in [3.05, 3.63) is 35.4 Å². The van der Waals surface area contributed by atoms with E-state index in [4.69, 9.17) is 0 Å². The number of Topliss-reactive ketones (excluding diaryl/α,β-unsaturated/α-hetero) is 1. The maximum atomic E-state index is 12.7. The zero-order valence-corrected chi connectivity index (χ0v) is 14.3. The second kappa shape index (κ2) is 8.15. The molecule has 0 amide bonds. The van der Waals surface area contributed by atoms with Gasteiger partial charge in [0.05, 0.1) is 12.1 Å². The Hall–Kier alpha value is -2.36. The van der Waals surface area contributed by atoms with Gasteiger partial charge in [0.15, 0.2) is 10.9 Å². The van der Waals surface area contributed by atoms with Crippen molar-refractivity contribution in [2.45, 2.75) is 17.8 Å². The lowest BCUT2D eigenvalue weighted by Gasteiger charge is -2.09. The van der Waals surface area contributed by atoms with Gasteiger partial charge in [0.1, 0.15) is 0 Å². The van der Waals surface area contributed by atoms with Crippen LogP contribution in [0.4, 0.5) is 25.1 Å². The minimum Gasteiger partial charge on any atom is -0.357 e. The summed E-state index contributed by atoms with van der Waals surface area (Å²) < 4.78 is 38.1. The van der Waals surface area contributed by atoms with Crippen LogP contribution in [0.3, 0.4) is 0 Å². The summed E-state index contributed by atoms with van der Waals surface area (Å²) in [5.41, 5.74) is -0.468. The molecule has 10 heteroatoms. The molecule has 0 spiro atoms. The number of aromatic nitrogens is 3. The van der Waals surface area contributed by atoms with E-state index in [1.807, 2.05) is 0 Å². The van der Waals surface area contributed by atoms with Crippen molar-refractivity contribution < 1.29 is 18.0 Å². The van der Waals surface area contributed by atoms with E-state index in [0.29, 0.717) is 16.7 Å². The summed E-state index contributed by atoms with van der Waals surface area (Å²) in [7, 11) is 1.65. The highest BCUT2D eigenvalue weighted by Crippen LogP contribution is 2.29. The van der Waals surface area contributed by atoms with E-state index in [9.17, 15) is 18.0 Å². The molecule has 25 heavy (non-hydrogen) atoms. The number of ketones is 1. The number of benzene rings is 1. The molecule has 1 aromatic carbocycles. The topological polar surface area (TPSA) is 79.8 Å². The fraction of sp³-hybridized carbons (Fsp3) is 0.333. The first-order chi connectivity index (χ1) is 11.8. The summed E-state index contributed by atoms with van der Waals surface area (Å²) in [4.78, 5) is 24.3. The SMILES string of the molecule is CNc1nc(NCC(=O)Cc2cccc(C(F)(F)F)c2)nc(SC)n1. The summed E-state index contributed by atoms with van der Waals surface area (Å²) in [5, 5.41) is 6.03. The first-order valence-corrected chi connectivity index (χ1v) is 8.44. The summed E-state index contributed by atoms with van der Waals surface area (Å²) in [5.74, 6) is 0.296. The number of hydrogen-bond acceptors (Lipinski definition) is 7. The average Bonchev–Trinajstić information content (AvgIpc) is 2.59. The van der Waals surface area contributed by atoms with Crippen LogP contribution in [0.25, 0.3) is 0 Å². The van der Waals surface area contributed by atoms with Gasteiger partial charge in [-0.05, 0) is 17.9 Å². The molecule has 0 aliphatic carbocycles. The average molecular weight is 371 g/mol. The molecule has 0 unspecified atom stereocenters. The Balaban J connectivity index is 1.99. The van der Waals surface area contributed by atoms with E-state index in [0.717, 1.165) is 12.1 Å². The van der Waals surface area contributed by atoms with Crippen molar-refractivity contribution in [2.75, 3.05) is 30.5 Å². The minimum atomic E-state index is -4.43. The van der Waals surface area contributed by atoms with E-state index in [1.165, 1.54) is 23.9 Å². The number of nitrogens with one attached hydrogen (secondary N) is 2. The molecule has 6 nitrogen and oxygen atoms in total. The van der Waals surface area contributed by atoms with Gasteiger partial charge in [0, 0.05) is 13.5 Å². The predicted octanol–water partition coefficient (Wildman–Crippen LogP) is 2.88. The number of carbonyl (C=O) groups excluding carboxylic acids is 1. The van der Waals surface area contributed by atoms with Crippen molar-refractivity contribution in [3.63, 3.8) is 0 Å². The fourth-order valence-corrected chi connectivity index (χ4v) is 2.32. The molecule has 0 fully saturated rings. The number of rotatable bonds is 7. The second-order valence-electron chi connectivity index (χ2n) is 4.99. The van der Waals surface area contributed by atoms with Gasteiger partial charge in [-0.25, -0.2) is 0 Å². The monoisotopic (exact) mass is 371 g/mol. The number of halogens is 3. The Bertz CT molecular complexity index is 732. The Morgan fingerprint density at radius 3 is 2.56 bits per heavy atom. The standard InChI is InChI=1S/C15H16F3N5OS/c1-19-12-21-13(23-14(22-12)25-2)20-8-11(24)7-9-4-3-5-10(6-9)15(16,17)18/h3-6H,7-8H2,1-2H3,(H2,19,20,21,22,23). The van der Waals surface area contributed by atoms with Crippen molar-refractivity contribution in [2.24, 2.45) is 0 Å². The maximum absolute atomic E-state index is 12.7. The third-order valence-corrected chi connectivity index (χ3v) is 3.67. The van der Waals surface area contributed by atoms with Gasteiger partial charge in [-0.2, -0.15) is 28.1 Å². The van der Waals surface area contributed by atoms with Crippen LogP contribution in [0.1, 0.15) is 11.1 Å².